The van der Waals surface area contributed by atoms with Gasteiger partial charge in [-0.3, -0.25) is 4.79 Å². The molecule has 1 N–H and O–H groups in total. The van der Waals surface area contributed by atoms with Gasteiger partial charge in [-0.15, -0.1) is 11.8 Å². The number of benzene rings is 2. The normalized spacial score (nSPS) is 14.1. The van der Waals surface area contributed by atoms with Crippen molar-refractivity contribution in [1.29, 1.82) is 0 Å². The van der Waals surface area contributed by atoms with E-state index in [0.717, 1.165) is 26.4 Å². The quantitative estimate of drug-likeness (QED) is 0.754. The minimum Gasteiger partial charge on any atom is -0.486 e. The third kappa shape index (κ3) is 4.45. The highest BCUT2D eigenvalue weighted by atomic mass is 79.9. The fourth-order valence-corrected chi connectivity index (χ4v) is 3.38. The van der Waals surface area contributed by atoms with E-state index in [2.05, 4.69) is 21.2 Å². The van der Waals surface area contributed by atoms with Crippen LogP contribution in [0.25, 0.3) is 0 Å². The van der Waals surface area contributed by atoms with Crippen molar-refractivity contribution in [1.82, 2.24) is 5.32 Å². The van der Waals surface area contributed by atoms with E-state index >= 15 is 0 Å². The lowest BCUT2D eigenvalue weighted by molar-refractivity contribution is -0.119. The number of nitrogens with one attached hydrogen (secondary N) is 1. The van der Waals surface area contributed by atoms with E-state index in [9.17, 15) is 4.79 Å². The Morgan fingerprint density at radius 2 is 1.88 bits per heavy atom. The van der Waals surface area contributed by atoms with E-state index in [0.29, 0.717) is 19.0 Å². The summed E-state index contributed by atoms with van der Waals surface area (Å²) in [5.74, 6) is 1.87. The average molecular weight is 408 g/mol. The number of fused-ring (bicyclic) bond motifs is 1. The molecule has 1 aliphatic heterocycles. The molecule has 1 heterocycles. The second-order valence-corrected chi connectivity index (χ2v) is 7.40. The van der Waals surface area contributed by atoms with Crippen molar-refractivity contribution in [2.24, 2.45) is 0 Å². The van der Waals surface area contributed by atoms with Gasteiger partial charge in [0.15, 0.2) is 11.5 Å². The molecule has 1 atom stereocenters. The van der Waals surface area contributed by atoms with Gasteiger partial charge in [-0.2, -0.15) is 0 Å². The number of carbonyl (C=O) groups is 1. The van der Waals surface area contributed by atoms with Crippen LogP contribution in [0.1, 0.15) is 18.5 Å². The molecule has 2 aromatic rings. The summed E-state index contributed by atoms with van der Waals surface area (Å²) in [5.41, 5.74) is 1.08. The molecule has 0 saturated heterocycles. The first-order valence-corrected chi connectivity index (χ1v) is 9.47. The van der Waals surface area contributed by atoms with Gasteiger partial charge in [-0.05, 0) is 42.8 Å². The maximum absolute atomic E-state index is 12.2. The van der Waals surface area contributed by atoms with E-state index in [1.165, 1.54) is 11.8 Å². The molecule has 3 rings (SSSR count). The highest BCUT2D eigenvalue weighted by Gasteiger charge is 2.13. The van der Waals surface area contributed by atoms with Crippen LogP contribution in [-0.2, 0) is 4.79 Å². The Morgan fingerprint density at radius 1 is 1.17 bits per heavy atom. The third-order valence-electron chi connectivity index (χ3n) is 3.63. The zero-order valence-corrected chi connectivity index (χ0v) is 15.7. The Balaban J connectivity index is 1.52. The number of thioether (sulfide) groups is 1. The first-order chi connectivity index (χ1) is 11.6. The van der Waals surface area contributed by atoms with E-state index in [4.69, 9.17) is 9.47 Å². The standard InChI is InChI=1S/C18H18BrNO3S/c1-12(13-2-4-14(19)5-3-13)20-18(21)11-24-15-6-7-16-17(10-15)23-9-8-22-16/h2-7,10,12H,8-9,11H2,1H3,(H,20,21). The van der Waals surface area contributed by atoms with Gasteiger partial charge >= 0.3 is 0 Å². The van der Waals surface area contributed by atoms with Crippen molar-refractivity contribution in [3.05, 3.63) is 52.5 Å². The van der Waals surface area contributed by atoms with E-state index in [-0.39, 0.29) is 11.9 Å². The summed E-state index contributed by atoms with van der Waals surface area (Å²) in [6.07, 6.45) is 0. The smallest absolute Gasteiger partial charge is 0.230 e. The number of rotatable bonds is 5. The first kappa shape index (κ1) is 17.2. The maximum Gasteiger partial charge on any atom is 0.230 e. The maximum atomic E-state index is 12.2. The Kier molecular flexibility index (Phi) is 5.68. The summed E-state index contributed by atoms with van der Waals surface area (Å²) in [7, 11) is 0. The van der Waals surface area contributed by atoms with Crippen molar-refractivity contribution < 1.29 is 14.3 Å². The van der Waals surface area contributed by atoms with Crippen LogP contribution in [0, 0.1) is 0 Å². The SMILES string of the molecule is CC(NC(=O)CSc1ccc2c(c1)OCCO2)c1ccc(Br)cc1. The third-order valence-corrected chi connectivity index (χ3v) is 5.15. The topological polar surface area (TPSA) is 47.6 Å². The average Bonchev–Trinajstić information content (AvgIpc) is 2.60. The Bertz CT molecular complexity index is 721. The number of hydrogen-bond donors (Lipinski definition) is 1. The summed E-state index contributed by atoms with van der Waals surface area (Å²) in [6, 6.07) is 13.7. The molecule has 126 valence electrons. The zero-order valence-electron chi connectivity index (χ0n) is 13.3. The summed E-state index contributed by atoms with van der Waals surface area (Å²) >= 11 is 4.90. The first-order valence-electron chi connectivity index (χ1n) is 7.69. The van der Waals surface area contributed by atoms with Crippen LogP contribution in [0.2, 0.25) is 0 Å². The van der Waals surface area contributed by atoms with Crippen LogP contribution < -0.4 is 14.8 Å². The molecule has 6 heteroatoms. The second-order valence-electron chi connectivity index (χ2n) is 5.43. The number of ether oxygens (including phenoxy) is 2. The van der Waals surface area contributed by atoms with Crippen LogP contribution >= 0.6 is 27.7 Å². The lowest BCUT2D eigenvalue weighted by Gasteiger charge is -2.18. The zero-order chi connectivity index (χ0) is 16.9. The molecule has 4 nitrogen and oxygen atoms in total. The predicted molar refractivity (Wildman–Crippen MR) is 98.9 cm³/mol. The summed E-state index contributed by atoms with van der Waals surface area (Å²) in [6.45, 7) is 3.12. The highest BCUT2D eigenvalue weighted by Crippen LogP contribution is 2.34. The molecule has 24 heavy (non-hydrogen) atoms. The molecule has 0 aliphatic carbocycles. The molecule has 1 unspecified atom stereocenters. The molecule has 0 fully saturated rings. The largest absolute Gasteiger partial charge is 0.486 e. The van der Waals surface area contributed by atoms with Crippen LogP contribution in [0.3, 0.4) is 0 Å². The van der Waals surface area contributed by atoms with Crippen molar-refractivity contribution in [3.8, 4) is 11.5 Å². The Morgan fingerprint density at radius 3 is 2.62 bits per heavy atom. The molecular formula is C18H18BrNO3S. The Hall–Kier alpha value is -1.66. The van der Waals surface area contributed by atoms with Gasteiger partial charge in [0.2, 0.25) is 5.91 Å². The van der Waals surface area contributed by atoms with Crippen LogP contribution in [-0.4, -0.2) is 24.9 Å². The fraction of sp³-hybridized carbons (Fsp3) is 0.278. The van der Waals surface area contributed by atoms with Gasteiger partial charge < -0.3 is 14.8 Å². The predicted octanol–water partition coefficient (Wildman–Crippen LogP) is 4.19. The van der Waals surface area contributed by atoms with Gasteiger partial charge in [0, 0.05) is 9.37 Å². The van der Waals surface area contributed by atoms with Crippen molar-refractivity contribution in [2.75, 3.05) is 19.0 Å². The lowest BCUT2D eigenvalue weighted by atomic mass is 10.1. The highest BCUT2D eigenvalue weighted by molar-refractivity contribution is 9.10. The minimum atomic E-state index is -0.0218. The molecule has 1 aliphatic rings. The van der Waals surface area contributed by atoms with Gasteiger partial charge in [0.1, 0.15) is 13.2 Å². The minimum absolute atomic E-state index is 0.00491. The van der Waals surface area contributed by atoms with E-state index in [1.54, 1.807) is 0 Å². The van der Waals surface area contributed by atoms with Crippen molar-refractivity contribution >= 4 is 33.6 Å². The number of halogens is 1. The Labute approximate surface area is 154 Å². The summed E-state index contributed by atoms with van der Waals surface area (Å²) in [5, 5.41) is 3.02. The molecule has 0 bridgehead atoms. The van der Waals surface area contributed by atoms with Crippen LogP contribution in [0.5, 0.6) is 11.5 Å². The molecule has 2 aromatic carbocycles. The number of carbonyl (C=O) groups excluding carboxylic acids is 1. The van der Waals surface area contributed by atoms with E-state index in [1.807, 2.05) is 49.4 Å². The fourth-order valence-electron chi connectivity index (χ4n) is 2.38. The summed E-state index contributed by atoms with van der Waals surface area (Å²) in [4.78, 5) is 13.2. The van der Waals surface area contributed by atoms with Gasteiger partial charge in [0.05, 0.1) is 11.8 Å². The van der Waals surface area contributed by atoms with Gasteiger partial charge in [0.25, 0.3) is 0 Å². The number of amides is 1. The monoisotopic (exact) mass is 407 g/mol. The van der Waals surface area contributed by atoms with E-state index < -0.39 is 0 Å². The molecule has 0 saturated carbocycles. The van der Waals surface area contributed by atoms with Crippen molar-refractivity contribution in [3.63, 3.8) is 0 Å². The second kappa shape index (κ2) is 7.94. The molecule has 0 aromatic heterocycles. The van der Waals surface area contributed by atoms with Gasteiger partial charge in [-0.1, -0.05) is 28.1 Å². The van der Waals surface area contributed by atoms with Crippen molar-refractivity contribution in [2.45, 2.75) is 17.9 Å². The molecule has 0 spiro atoms. The molecular weight excluding hydrogens is 390 g/mol. The molecule has 1 amide bonds. The lowest BCUT2D eigenvalue weighted by Crippen LogP contribution is -2.28. The summed E-state index contributed by atoms with van der Waals surface area (Å²) < 4.78 is 12.1. The van der Waals surface area contributed by atoms with Gasteiger partial charge in [-0.25, -0.2) is 0 Å². The molecule has 0 radical (unpaired) electrons. The number of hydrogen-bond acceptors (Lipinski definition) is 4. The van der Waals surface area contributed by atoms with Crippen LogP contribution in [0.15, 0.2) is 51.8 Å². The van der Waals surface area contributed by atoms with Crippen LogP contribution in [0.4, 0.5) is 0 Å².